The molecule has 2 aromatic heterocycles. The second-order valence-corrected chi connectivity index (χ2v) is 7.98. The Bertz CT molecular complexity index is 1170. The van der Waals surface area contributed by atoms with Crippen molar-refractivity contribution < 1.29 is 18.7 Å². The highest BCUT2D eigenvalue weighted by atomic mass is 35.5. The zero-order valence-corrected chi connectivity index (χ0v) is 18.7. The van der Waals surface area contributed by atoms with E-state index in [9.17, 15) is 14.0 Å². The molecule has 0 spiro atoms. The van der Waals surface area contributed by atoms with Gasteiger partial charge < -0.3 is 19.9 Å². The van der Waals surface area contributed by atoms with E-state index in [0.717, 1.165) is 0 Å². The van der Waals surface area contributed by atoms with Gasteiger partial charge in [-0.3, -0.25) is 19.6 Å². The Kier molecular flexibility index (Phi) is 7.00. The number of hydrogen-bond donors (Lipinski definition) is 2. The zero-order chi connectivity index (χ0) is 23.4. The Balaban J connectivity index is 1.56. The summed E-state index contributed by atoms with van der Waals surface area (Å²) in [7, 11) is 0. The molecule has 4 rings (SSSR count). The van der Waals surface area contributed by atoms with E-state index in [1.165, 1.54) is 12.1 Å². The highest BCUT2D eigenvalue weighted by molar-refractivity contribution is 6.31. The maximum atomic E-state index is 13.4. The first-order valence-corrected chi connectivity index (χ1v) is 10.9. The Morgan fingerprint density at radius 2 is 2.12 bits per heavy atom. The molecule has 1 unspecified atom stereocenters. The van der Waals surface area contributed by atoms with Crippen LogP contribution in [0.25, 0.3) is 0 Å². The number of halogens is 2. The van der Waals surface area contributed by atoms with Crippen LogP contribution in [-0.4, -0.2) is 33.0 Å². The molecule has 0 saturated carbocycles. The predicted molar refractivity (Wildman–Crippen MR) is 119 cm³/mol. The van der Waals surface area contributed by atoms with E-state index in [0.29, 0.717) is 47.8 Å². The first-order chi connectivity index (χ1) is 16.0. The number of aromatic nitrogens is 3. The quantitative estimate of drug-likeness (QED) is 0.550. The van der Waals surface area contributed by atoms with Crippen molar-refractivity contribution in [1.82, 2.24) is 25.2 Å². The van der Waals surface area contributed by atoms with Crippen LogP contribution >= 0.6 is 11.6 Å². The Morgan fingerprint density at radius 1 is 1.27 bits per heavy atom. The molecule has 3 aromatic rings. The van der Waals surface area contributed by atoms with Gasteiger partial charge in [0.2, 0.25) is 0 Å². The number of carbonyl (C=O) groups excluding carboxylic acids is 2. The van der Waals surface area contributed by atoms with Crippen LogP contribution in [0, 0.1) is 5.82 Å². The Labute approximate surface area is 195 Å². The first kappa shape index (κ1) is 22.9. The van der Waals surface area contributed by atoms with Gasteiger partial charge >= 0.3 is 0 Å². The van der Waals surface area contributed by atoms with Crippen molar-refractivity contribution in [2.24, 2.45) is 0 Å². The summed E-state index contributed by atoms with van der Waals surface area (Å²) in [5, 5.41) is 6.02. The molecule has 3 heterocycles. The highest BCUT2D eigenvalue weighted by Gasteiger charge is 2.27. The molecule has 172 valence electrons. The zero-order valence-electron chi connectivity index (χ0n) is 18.0. The number of benzene rings is 1. The van der Waals surface area contributed by atoms with E-state index in [1.807, 2.05) is 6.92 Å². The number of fused-ring (bicyclic) bond motifs is 1. The molecule has 10 heteroatoms. The van der Waals surface area contributed by atoms with E-state index in [-0.39, 0.29) is 30.0 Å². The number of carbonyl (C=O) groups is 2. The molecule has 1 atom stereocenters. The molecule has 1 aliphatic rings. The molecule has 1 aromatic carbocycles. The van der Waals surface area contributed by atoms with Crippen molar-refractivity contribution in [3.63, 3.8) is 0 Å². The normalized spacial score (nSPS) is 13.8. The van der Waals surface area contributed by atoms with Crippen LogP contribution in [-0.2, 0) is 24.4 Å². The number of rotatable bonds is 7. The first-order valence-electron chi connectivity index (χ1n) is 10.6. The lowest BCUT2D eigenvalue weighted by Gasteiger charge is -2.22. The number of nitrogens with one attached hydrogen (secondary N) is 2. The fourth-order valence-corrected chi connectivity index (χ4v) is 4.11. The lowest BCUT2D eigenvalue weighted by Crippen LogP contribution is -2.31. The van der Waals surface area contributed by atoms with Gasteiger partial charge in [0.15, 0.2) is 0 Å². The van der Waals surface area contributed by atoms with Gasteiger partial charge in [0.1, 0.15) is 11.5 Å². The molecule has 2 N–H and O–H groups in total. The van der Waals surface area contributed by atoms with Gasteiger partial charge in [-0.25, -0.2) is 4.39 Å². The smallest absolute Gasteiger partial charge is 0.268 e. The molecule has 1 aliphatic heterocycles. The lowest BCUT2D eigenvalue weighted by molar-refractivity contribution is 0.0775. The van der Waals surface area contributed by atoms with Crippen LogP contribution < -0.4 is 10.6 Å². The molecule has 0 bridgehead atoms. The summed E-state index contributed by atoms with van der Waals surface area (Å²) in [6.07, 6.45) is 5.23. The standard InChI is InChI=1S/C23H23ClFN5O3/c1-2-19(16-4-3-14(25)9-18(16)24)29-23(32)20-10-17(21-13-33-8-7-30(20)21)22(31)28-12-15-11-26-5-6-27-15/h3-6,9-11,19H,2,7-8,12-13H2,1H3,(H,28,31)(H,29,32). The van der Waals surface area contributed by atoms with Gasteiger partial charge in [0.05, 0.1) is 48.9 Å². The molecule has 8 nitrogen and oxygen atoms in total. The minimum Gasteiger partial charge on any atom is -0.373 e. The van der Waals surface area contributed by atoms with Crippen molar-refractivity contribution in [2.45, 2.75) is 39.1 Å². The molecule has 0 saturated heterocycles. The fourth-order valence-electron chi connectivity index (χ4n) is 3.81. The minimum atomic E-state index is -0.442. The van der Waals surface area contributed by atoms with Gasteiger partial charge in [-0.05, 0) is 30.2 Å². The van der Waals surface area contributed by atoms with E-state index in [1.54, 1.807) is 35.3 Å². The highest BCUT2D eigenvalue weighted by Crippen LogP contribution is 2.27. The van der Waals surface area contributed by atoms with Gasteiger partial charge in [0.25, 0.3) is 11.8 Å². The fraction of sp³-hybridized carbons (Fsp3) is 0.304. The van der Waals surface area contributed by atoms with Gasteiger partial charge in [-0.15, -0.1) is 0 Å². The van der Waals surface area contributed by atoms with Crippen LogP contribution in [0.1, 0.15) is 57.2 Å². The maximum Gasteiger partial charge on any atom is 0.268 e. The summed E-state index contributed by atoms with van der Waals surface area (Å²) < 4.78 is 20.8. The van der Waals surface area contributed by atoms with E-state index in [2.05, 4.69) is 20.6 Å². The van der Waals surface area contributed by atoms with E-state index < -0.39 is 11.9 Å². The van der Waals surface area contributed by atoms with Crippen LogP contribution in [0.2, 0.25) is 5.02 Å². The van der Waals surface area contributed by atoms with Crippen molar-refractivity contribution in [2.75, 3.05) is 6.61 Å². The Hall–Kier alpha value is -3.30. The molecule has 0 radical (unpaired) electrons. The summed E-state index contributed by atoms with van der Waals surface area (Å²) in [6, 6.07) is 5.27. The molecule has 2 amide bonds. The van der Waals surface area contributed by atoms with E-state index in [4.69, 9.17) is 16.3 Å². The summed E-state index contributed by atoms with van der Waals surface area (Å²) >= 11 is 6.20. The summed E-state index contributed by atoms with van der Waals surface area (Å²) in [5.74, 6) is -1.12. The maximum absolute atomic E-state index is 13.4. The Morgan fingerprint density at radius 3 is 2.85 bits per heavy atom. The largest absolute Gasteiger partial charge is 0.373 e. The van der Waals surface area contributed by atoms with Crippen LogP contribution in [0.4, 0.5) is 4.39 Å². The monoisotopic (exact) mass is 471 g/mol. The van der Waals surface area contributed by atoms with Gasteiger partial charge in [0, 0.05) is 24.0 Å². The minimum absolute atomic E-state index is 0.209. The average molecular weight is 472 g/mol. The summed E-state index contributed by atoms with van der Waals surface area (Å²) in [5.41, 5.74) is 2.61. The van der Waals surface area contributed by atoms with Crippen molar-refractivity contribution in [1.29, 1.82) is 0 Å². The van der Waals surface area contributed by atoms with Crippen molar-refractivity contribution >= 4 is 23.4 Å². The third-order valence-corrected chi connectivity index (χ3v) is 5.81. The second kappa shape index (κ2) is 10.1. The van der Waals surface area contributed by atoms with E-state index >= 15 is 0 Å². The summed E-state index contributed by atoms with van der Waals surface area (Å²) in [4.78, 5) is 34.2. The van der Waals surface area contributed by atoms with Gasteiger partial charge in [-0.1, -0.05) is 24.6 Å². The molecule has 0 fully saturated rings. The number of amides is 2. The molecular weight excluding hydrogens is 449 g/mol. The third-order valence-electron chi connectivity index (χ3n) is 5.48. The SMILES string of the molecule is CCC(NC(=O)c1cc(C(=O)NCc2cnccn2)c2n1CCOC2)c1ccc(F)cc1Cl. The number of nitrogens with zero attached hydrogens (tertiary/aromatic N) is 3. The third kappa shape index (κ3) is 5.04. The number of hydrogen-bond acceptors (Lipinski definition) is 5. The number of ether oxygens (including phenoxy) is 1. The predicted octanol–water partition coefficient (Wildman–Crippen LogP) is 3.41. The van der Waals surface area contributed by atoms with Gasteiger partial charge in [-0.2, -0.15) is 0 Å². The van der Waals surface area contributed by atoms with Crippen LogP contribution in [0.3, 0.4) is 0 Å². The molecule has 33 heavy (non-hydrogen) atoms. The van der Waals surface area contributed by atoms with Crippen molar-refractivity contribution in [3.8, 4) is 0 Å². The summed E-state index contributed by atoms with van der Waals surface area (Å²) in [6.45, 7) is 3.22. The molecule has 0 aliphatic carbocycles. The van der Waals surface area contributed by atoms with Crippen LogP contribution in [0.15, 0.2) is 42.9 Å². The van der Waals surface area contributed by atoms with Crippen molar-refractivity contribution in [3.05, 3.63) is 81.9 Å². The average Bonchev–Trinajstić information content (AvgIpc) is 3.22. The topological polar surface area (TPSA) is 98.1 Å². The lowest BCUT2D eigenvalue weighted by atomic mass is 10.0. The van der Waals surface area contributed by atoms with Crippen LogP contribution in [0.5, 0.6) is 0 Å². The second-order valence-electron chi connectivity index (χ2n) is 7.57. The molecular formula is C23H23ClFN5O3.